The average molecular weight is 263 g/mol. The van der Waals surface area contributed by atoms with E-state index in [1.54, 1.807) is 0 Å². The van der Waals surface area contributed by atoms with Crippen molar-refractivity contribution in [3.8, 4) is 0 Å². The minimum atomic E-state index is -0.817. The quantitative estimate of drug-likeness (QED) is 0.443. The van der Waals surface area contributed by atoms with Crippen molar-refractivity contribution in [1.29, 1.82) is 0 Å². The normalized spacial score (nSPS) is 26.6. The highest BCUT2D eigenvalue weighted by Gasteiger charge is 2.48. The van der Waals surface area contributed by atoms with Crippen LogP contribution < -0.4 is 0 Å². The van der Waals surface area contributed by atoms with Crippen molar-refractivity contribution in [1.82, 2.24) is 0 Å². The molecule has 0 heterocycles. The third-order valence-electron chi connectivity index (χ3n) is 2.85. The number of rotatable bonds is 4. The van der Waals surface area contributed by atoms with Gasteiger partial charge in [-0.2, -0.15) is 0 Å². The van der Waals surface area contributed by atoms with Crippen LogP contribution in [0, 0.1) is 5.41 Å². The summed E-state index contributed by atoms with van der Waals surface area (Å²) in [5, 5.41) is 0.818. The largest absolute Gasteiger partial charge is 0.468 e. The predicted octanol–water partition coefficient (Wildman–Crippen LogP) is 2.07. The molecule has 0 spiro atoms. The molecule has 0 amide bonds. The maximum Gasteiger partial charge on any atom is 0.319 e. The van der Waals surface area contributed by atoms with Crippen LogP contribution >= 0.6 is 15.9 Å². The van der Waals surface area contributed by atoms with E-state index in [9.17, 15) is 9.59 Å². The molecule has 0 aromatic rings. The van der Waals surface area contributed by atoms with Crippen LogP contribution in [0.4, 0.5) is 0 Å². The number of Topliss-reactive ketones (excluding diaryl/α,β-unsaturated/α-hetero) is 1. The molecule has 1 aliphatic rings. The van der Waals surface area contributed by atoms with Gasteiger partial charge in [0, 0.05) is 11.8 Å². The second-order valence-electron chi connectivity index (χ2n) is 3.64. The molecule has 0 bridgehead atoms. The highest BCUT2D eigenvalue weighted by molar-refractivity contribution is 9.09. The minimum absolute atomic E-state index is 0.0605. The summed E-state index contributed by atoms with van der Waals surface area (Å²) in [6.45, 7) is 0. The molecule has 0 aliphatic heterocycles. The Morgan fingerprint density at radius 1 is 1.64 bits per heavy atom. The summed E-state index contributed by atoms with van der Waals surface area (Å²) in [6.07, 6.45) is 3.45. The van der Waals surface area contributed by atoms with Crippen LogP contribution in [0.2, 0.25) is 0 Å². The Balaban J connectivity index is 2.78. The molecule has 0 aromatic heterocycles. The fourth-order valence-corrected chi connectivity index (χ4v) is 2.36. The van der Waals surface area contributed by atoms with Crippen molar-refractivity contribution in [2.75, 3.05) is 12.4 Å². The number of alkyl halides is 1. The number of halogens is 1. The van der Waals surface area contributed by atoms with Gasteiger partial charge in [0.1, 0.15) is 11.2 Å². The van der Waals surface area contributed by atoms with E-state index in [-0.39, 0.29) is 11.8 Å². The zero-order valence-corrected chi connectivity index (χ0v) is 9.93. The SMILES string of the molecule is COC(=O)C1(CCCBr)CCCC1=O. The molecule has 1 saturated carbocycles. The Kier molecular flexibility index (Phi) is 4.11. The van der Waals surface area contributed by atoms with E-state index in [2.05, 4.69) is 15.9 Å². The monoisotopic (exact) mass is 262 g/mol. The molecule has 80 valence electrons. The van der Waals surface area contributed by atoms with E-state index in [0.29, 0.717) is 19.3 Å². The van der Waals surface area contributed by atoms with Gasteiger partial charge in [-0.05, 0) is 25.7 Å². The number of ether oxygens (including phenoxy) is 1. The molecule has 0 saturated heterocycles. The van der Waals surface area contributed by atoms with E-state index >= 15 is 0 Å². The number of hydrogen-bond acceptors (Lipinski definition) is 3. The third kappa shape index (κ3) is 2.00. The van der Waals surface area contributed by atoms with Crippen LogP contribution in [0.25, 0.3) is 0 Å². The molecular formula is C10H15BrO3. The average Bonchev–Trinajstić information content (AvgIpc) is 2.57. The molecule has 0 aromatic carbocycles. The number of carbonyl (C=O) groups excluding carboxylic acids is 2. The van der Waals surface area contributed by atoms with E-state index in [1.807, 2.05) is 0 Å². The molecule has 3 nitrogen and oxygen atoms in total. The maximum absolute atomic E-state index is 11.7. The minimum Gasteiger partial charge on any atom is -0.468 e. The van der Waals surface area contributed by atoms with Gasteiger partial charge in [0.05, 0.1) is 7.11 Å². The number of hydrogen-bond donors (Lipinski definition) is 0. The third-order valence-corrected chi connectivity index (χ3v) is 3.42. The number of esters is 1. The topological polar surface area (TPSA) is 43.4 Å². The summed E-state index contributed by atoms with van der Waals surface area (Å²) < 4.78 is 4.73. The van der Waals surface area contributed by atoms with Gasteiger partial charge in [0.25, 0.3) is 0 Å². The second kappa shape index (κ2) is 4.91. The highest BCUT2D eigenvalue weighted by Crippen LogP contribution is 2.40. The number of methoxy groups -OCH3 is 1. The lowest BCUT2D eigenvalue weighted by molar-refractivity contribution is -0.157. The molecule has 0 N–H and O–H groups in total. The summed E-state index contributed by atoms with van der Waals surface area (Å²) in [4.78, 5) is 23.3. The summed E-state index contributed by atoms with van der Waals surface area (Å²) >= 11 is 3.31. The number of ketones is 1. The van der Waals surface area contributed by atoms with Gasteiger partial charge in [0.15, 0.2) is 0 Å². The molecule has 1 unspecified atom stereocenters. The van der Waals surface area contributed by atoms with Crippen molar-refractivity contribution < 1.29 is 14.3 Å². The van der Waals surface area contributed by atoms with Gasteiger partial charge < -0.3 is 4.74 Å². The summed E-state index contributed by atoms with van der Waals surface area (Å²) in [6, 6.07) is 0. The van der Waals surface area contributed by atoms with Gasteiger partial charge in [-0.25, -0.2) is 0 Å². The Hall–Kier alpha value is -0.380. The molecule has 4 heteroatoms. The first-order valence-corrected chi connectivity index (χ1v) is 5.97. The Bertz CT molecular complexity index is 240. The lowest BCUT2D eigenvalue weighted by Gasteiger charge is -2.23. The lowest BCUT2D eigenvalue weighted by atomic mass is 9.81. The van der Waals surface area contributed by atoms with Crippen LogP contribution in [0.3, 0.4) is 0 Å². The van der Waals surface area contributed by atoms with Gasteiger partial charge >= 0.3 is 5.97 Å². The first-order chi connectivity index (χ1) is 6.67. The standard InChI is InChI=1S/C10H15BrO3/c1-14-9(13)10(6-3-7-11)5-2-4-8(10)12/h2-7H2,1H3. The fourth-order valence-electron chi connectivity index (χ4n) is 2.08. The van der Waals surface area contributed by atoms with Crippen molar-refractivity contribution in [2.24, 2.45) is 5.41 Å². The van der Waals surface area contributed by atoms with E-state index < -0.39 is 5.41 Å². The van der Waals surface area contributed by atoms with Crippen LogP contribution in [-0.2, 0) is 14.3 Å². The molecular weight excluding hydrogens is 248 g/mol. The van der Waals surface area contributed by atoms with Gasteiger partial charge in [-0.15, -0.1) is 0 Å². The van der Waals surface area contributed by atoms with E-state index in [0.717, 1.165) is 18.2 Å². The predicted molar refractivity (Wildman–Crippen MR) is 56.3 cm³/mol. The lowest BCUT2D eigenvalue weighted by Crippen LogP contribution is -2.36. The second-order valence-corrected chi connectivity index (χ2v) is 4.44. The summed E-state index contributed by atoms with van der Waals surface area (Å²) in [5.41, 5.74) is -0.817. The van der Waals surface area contributed by atoms with Crippen molar-refractivity contribution >= 4 is 27.7 Å². The van der Waals surface area contributed by atoms with Gasteiger partial charge in [0.2, 0.25) is 0 Å². The van der Waals surface area contributed by atoms with Gasteiger partial charge in [-0.1, -0.05) is 15.9 Å². The van der Waals surface area contributed by atoms with Crippen molar-refractivity contribution in [2.45, 2.75) is 32.1 Å². The van der Waals surface area contributed by atoms with Crippen LogP contribution in [0.15, 0.2) is 0 Å². The Labute approximate surface area is 92.3 Å². The van der Waals surface area contributed by atoms with Crippen LogP contribution in [0.1, 0.15) is 32.1 Å². The first-order valence-electron chi connectivity index (χ1n) is 4.85. The zero-order chi connectivity index (χ0) is 10.6. The highest BCUT2D eigenvalue weighted by atomic mass is 79.9. The molecule has 0 radical (unpaired) electrons. The van der Waals surface area contributed by atoms with E-state index in [1.165, 1.54) is 7.11 Å². The summed E-state index contributed by atoms with van der Waals surface area (Å²) in [5.74, 6) is -0.286. The maximum atomic E-state index is 11.7. The van der Waals surface area contributed by atoms with Crippen molar-refractivity contribution in [3.05, 3.63) is 0 Å². The zero-order valence-electron chi connectivity index (χ0n) is 8.35. The van der Waals surface area contributed by atoms with Crippen LogP contribution in [-0.4, -0.2) is 24.2 Å². The number of carbonyl (C=O) groups is 2. The Morgan fingerprint density at radius 3 is 2.79 bits per heavy atom. The molecule has 1 aliphatic carbocycles. The molecule has 1 atom stereocenters. The first kappa shape index (κ1) is 11.7. The molecule has 14 heavy (non-hydrogen) atoms. The molecule has 1 rings (SSSR count). The van der Waals surface area contributed by atoms with E-state index in [4.69, 9.17) is 4.74 Å². The summed E-state index contributed by atoms with van der Waals surface area (Å²) in [7, 11) is 1.35. The smallest absolute Gasteiger partial charge is 0.319 e. The van der Waals surface area contributed by atoms with Gasteiger partial charge in [-0.3, -0.25) is 9.59 Å². The Morgan fingerprint density at radius 2 is 2.36 bits per heavy atom. The molecule has 1 fully saturated rings. The van der Waals surface area contributed by atoms with Crippen molar-refractivity contribution in [3.63, 3.8) is 0 Å². The van der Waals surface area contributed by atoms with Crippen LogP contribution in [0.5, 0.6) is 0 Å². The fraction of sp³-hybridized carbons (Fsp3) is 0.800.